The average molecular weight is 221 g/mol. The summed E-state index contributed by atoms with van der Waals surface area (Å²) in [4.78, 5) is 4.50. The van der Waals surface area contributed by atoms with Crippen molar-refractivity contribution in [3.63, 3.8) is 0 Å². The highest BCUT2D eigenvalue weighted by Crippen LogP contribution is 2.20. The van der Waals surface area contributed by atoms with E-state index < -0.39 is 0 Å². The normalized spacial score (nSPS) is 11.0. The number of pyridine rings is 1. The molecule has 0 spiro atoms. The number of aromatic nitrogens is 1. The van der Waals surface area contributed by atoms with Crippen LogP contribution in [0.15, 0.2) is 18.3 Å². The maximum Gasteiger partial charge on any atom is 0.0457 e. The van der Waals surface area contributed by atoms with Gasteiger partial charge in [-0.25, -0.2) is 0 Å². The molecule has 0 radical (unpaired) electrons. The van der Waals surface area contributed by atoms with Gasteiger partial charge in [-0.15, -0.1) is 0 Å². The van der Waals surface area contributed by atoms with Crippen LogP contribution < -0.4 is 0 Å². The van der Waals surface area contributed by atoms with Crippen LogP contribution in [0, 0.1) is 5.92 Å². The van der Waals surface area contributed by atoms with E-state index in [1.165, 1.54) is 11.3 Å². The molecule has 1 rings (SSSR count). The van der Waals surface area contributed by atoms with Gasteiger partial charge in [0.2, 0.25) is 0 Å². The van der Waals surface area contributed by atoms with Crippen molar-refractivity contribution in [3.8, 4) is 0 Å². The van der Waals surface area contributed by atoms with E-state index in [4.69, 9.17) is 0 Å². The van der Waals surface area contributed by atoms with E-state index in [1.54, 1.807) is 0 Å². The molecule has 1 aromatic heterocycles. The zero-order chi connectivity index (χ0) is 12.8. The lowest BCUT2D eigenvalue weighted by molar-refractivity contribution is 0.566. The molecule has 1 aromatic rings. The Kier molecular flexibility index (Phi) is 6.32. The standard InChI is InChI=1S/C13H21N.C2H6/c1-10(2)8-11-6-7-12(14-9-11)13(3,4)5;1-2/h6-7,9-10H,8H2,1-5H3;1-2H3. The van der Waals surface area contributed by atoms with Crippen LogP contribution >= 0.6 is 0 Å². The second-order valence-corrected chi connectivity index (χ2v) is 5.40. The van der Waals surface area contributed by atoms with Gasteiger partial charge in [0.05, 0.1) is 0 Å². The van der Waals surface area contributed by atoms with E-state index in [9.17, 15) is 0 Å². The first-order valence-corrected chi connectivity index (χ1v) is 6.35. The topological polar surface area (TPSA) is 12.9 Å². The number of hydrogen-bond donors (Lipinski definition) is 0. The summed E-state index contributed by atoms with van der Waals surface area (Å²) >= 11 is 0. The fourth-order valence-electron chi connectivity index (χ4n) is 1.46. The van der Waals surface area contributed by atoms with Gasteiger partial charge in [-0.1, -0.05) is 54.5 Å². The minimum Gasteiger partial charge on any atom is -0.260 e. The Morgan fingerprint density at radius 3 is 2.00 bits per heavy atom. The molecule has 0 saturated heterocycles. The summed E-state index contributed by atoms with van der Waals surface area (Å²) in [5.41, 5.74) is 2.68. The first-order valence-electron chi connectivity index (χ1n) is 6.35. The van der Waals surface area contributed by atoms with Gasteiger partial charge in [-0.3, -0.25) is 4.98 Å². The van der Waals surface area contributed by atoms with E-state index in [-0.39, 0.29) is 5.41 Å². The monoisotopic (exact) mass is 221 g/mol. The molecule has 0 aliphatic heterocycles. The third-order valence-corrected chi connectivity index (χ3v) is 2.24. The quantitative estimate of drug-likeness (QED) is 0.711. The van der Waals surface area contributed by atoms with Crippen molar-refractivity contribution in [3.05, 3.63) is 29.6 Å². The highest BCUT2D eigenvalue weighted by atomic mass is 14.7. The van der Waals surface area contributed by atoms with Gasteiger partial charge in [-0.2, -0.15) is 0 Å². The molecule has 1 nitrogen and oxygen atoms in total. The smallest absolute Gasteiger partial charge is 0.0457 e. The molecule has 0 amide bonds. The van der Waals surface area contributed by atoms with E-state index >= 15 is 0 Å². The van der Waals surface area contributed by atoms with Crippen LogP contribution in [0.5, 0.6) is 0 Å². The summed E-state index contributed by atoms with van der Waals surface area (Å²) in [6, 6.07) is 4.35. The second kappa shape index (κ2) is 6.67. The fourth-order valence-corrected chi connectivity index (χ4v) is 1.46. The van der Waals surface area contributed by atoms with Crippen LogP contribution in [-0.4, -0.2) is 4.98 Å². The van der Waals surface area contributed by atoms with Crippen LogP contribution in [0.2, 0.25) is 0 Å². The van der Waals surface area contributed by atoms with Gasteiger partial charge < -0.3 is 0 Å². The maximum absolute atomic E-state index is 4.50. The fraction of sp³-hybridized carbons (Fsp3) is 0.667. The minimum absolute atomic E-state index is 0.163. The van der Waals surface area contributed by atoms with Crippen LogP contribution in [0.25, 0.3) is 0 Å². The SMILES string of the molecule is CC.CC(C)Cc1ccc(C(C)(C)C)nc1. The first kappa shape index (κ1) is 15.2. The highest BCUT2D eigenvalue weighted by Gasteiger charge is 2.14. The molecule has 0 N–H and O–H groups in total. The molecule has 0 aliphatic rings. The third kappa shape index (κ3) is 5.29. The van der Waals surface area contributed by atoms with Crippen molar-refractivity contribution in [2.24, 2.45) is 5.92 Å². The molecule has 1 heteroatoms. The van der Waals surface area contributed by atoms with Crippen molar-refractivity contribution in [2.45, 2.75) is 60.3 Å². The maximum atomic E-state index is 4.50. The first-order chi connectivity index (χ1) is 7.39. The molecule has 1 heterocycles. The lowest BCUT2D eigenvalue weighted by atomic mass is 9.91. The van der Waals surface area contributed by atoms with E-state index in [0.29, 0.717) is 5.92 Å². The minimum atomic E-state index is 0.163. The summed E-state index contributed by atoms with van der Waals surface area (Å²) < 4.78 is 0. The predicted octanol–water partition coefficient (Wildman–Crippen LogP) is 4.60. The van der Waals surface area contributed by atoms with E-state index in [0.717, 1.165) is 6.42 Å². The number of hydrogen-bond acceptors (Lipinski definition) is 1. The van der Waals surface area contributed by atoms with Crippen LogP contribution in [-0.2, 0) is 11.8 Å². The van der Waals surface area contributed by atoms with Crippen molar-refractivity contribution in [1.29, 1.82) is 0 Å². The molecule has 0 aliphatic carbocycles. The summed E-state index contributed by atoms with van der Waals surface area (Å²) in [5.74, 6) is 0.706. The van der Waals surface area contributed by atoms with Crippen molar-refractivity contribution >= 4 is 0 Å². The summed E-state index contributed by atoms with van der Waals surface area (Å²) in [7, 11) is 0. The van der Waals surface area contributed by atoms with Gasteiger partial charge in [0, 0.05) is 17.3 Å². The Bertz CT molecular complexity index is 277. The van der Waals surface area contributed by atoms with Crippen molar-refractivity contribution < 1.29 is 0 Å². The Morgan fingerprint density at radius 2 is 1.69 bits per heavy atom. The molecular formula is C15H27N. The van der Waals surface area contributed by atoms with Gasteiger partial charge in [0.15, 0.2) is 0 Å². The van der Waals surface area contributed by atoms with Crippen LogP contribution in [0.1, 0.15) is 59.7 Å². The Balaban J connectivity index is 0.00000106. The van der Waals surface area contributed by atoms with Crippen LogP contribution in [0.4, 0.5) is 0 Å². The van der Waals surface area contributed by atoms with E-state index in [2.05, 4.69) is 51.7 Å². The predicted molar refractivity (Wildman–Crippen MR) is 72.8 cm³/mol. The van der Waals surface area contributed by atoms with Crippen LogP contribution in [0.3, 0.4) is 0 Å². The lowest BCUT2D eigenvalue weighted by Crippen LogP contribution is -2.13. The zero-order valence-corrected chi connectivity index (χ0v) is 12.0. The number of nitrogens with zero attached hydrogens (tertiary/aromatic N) is 1. The molecule has 92 valence electrons. The van der Waals surface area contributed by atoms with E-state index in [1.807, 2.05) is 20.0 Å². The Labute approximate surface area is 101 Å². The van der Waals surface area contributed by atoms with Crippen molar-refractivity contribution in [2.75, 3.05) is 0 Å². The Morgan fingerprint density at radius 1 is 1.12 bits per heavy atom. The summed E-state index contributed by atoms with van der Waals surface area (Å²) in [5, 5.41) is 0. The largest absolute Gasteiger partial charge is 0.260 e. The van der Waals surface area contributed by atoms with Gasteiger partial charge >= 0.3 is 0 Å². The molecular weight excluding hydrogens is 194 g/mol. The third-order valence-electron chi connectivity index (χ3n) is 2.24. The highest BCUT2D eigenvalue weighted by molar-refractivity contribution is 5.19. The average Bonchev–Trinajstić information content (AvgIpc) is 2.19. The van der Waals surface area contributed by atoms with Gasteiger partial charge in [0.25, 0.3) is 0 Å². The Hall–Kier alpha value is -0.850. The number of rotatable bonds is 2. The molecule has 0 bridgehead atoms. The lowest BCUT2D eigenvalue weighted by Gasteiger charge is -2.17. The summed E-state index contributed by atoms with van der Waals surface area (Å²) in [6.07, 6.45) is 3.14. The molecule has 0 atom stereocenters. The molecule has 0 fully saturated rings. The van der Waals surface area contributed by atoms with Gasteiger partial charge in [0.1, 0.15) is 0 Å². The van der Waals surface area contributed by atoms with Gasteiger partial charge in [-0.05, 0) is 24.0 Å². The molecule has 0 aromatic carbocycles. The molecule has 0 unspecified atom stereocenters. The van der Waals surface area contributed by atoms with Crippen molar-refractivity contribution in [1.82, 2.24) is 4.98 Å². The summed E-state index contributed by atoms with van der Waals surface area (Å²) in [6.45, 7) is 15.0. The second-order valence-electron chi connectivity index (χ2n) is 5.40. The molecule has 0 saturated carbocycles. The molecule has 16 heavy (non-hydrogen) atoms. The zero-order valence-electron chi connectivity index (χ0n) is 12.0.